The minimum absolute atomic E-state index is 0.00672. The molecule has 0 aliphatic carbocycles. The van der Waals surface area contributed by atoms with Gasteiger partial charge in [-0.1, -0.05) is 12.1 Å². The van der Waals surface area contributed by atoms with Gasteiger partial charge in [0, 0.05) is 18.8 Å². The van der Waals surface area contributed by atoms with Gasteiger partial charge in [-0.05, 0) is 48.7 Å². The number of nitriles is 1. The zero-order chi connectivity index (χ0) is 26.6. The van der Waals surface area contributed by atoms with Crippen molar-refractivity contribution in [2.24, 2.45) is 4.99 Å². The number of pyridine rings is 1. The van der Waals surface area contributed by atoms with Gasteiger partial charge >= 0.3 is 6.18 Å². The Morgan fingerprint density at radius 2 is 1.92 bits per heavy atom. The lowest BCUT2D eigenvalue weighted by Gasteiger charge is -2.14. The molecule has 0 aliphatic heterocycles. The van der Waals surface area contributed by atoms with Crippen LogP contribution in [0.2, 0.25) is 0 Å². The Bertz CT molecular complexity index is 1440. The molecule has 3 aromatic rings. The van der Waals surface area contributed by atoms with Gasteiger partial charge in [-0.25, -0.2) is 4.99 Å². The van der Waals surface area contributed by atoms with E-state index < -0.39 is 39.5 Å². The predicted molar refractivity (Wildman–Crippen MR) is 124 cm³/mol. The molecule has 1 heterocycles. The molecule has 186 valence electrons. The van der Waals surface area contributed by atoms with E-state index in [4.69, 9.17) is 4.74 Å². The van der Waals surface area contributed by atoms with Crippen LogP contribution in [0.3, 0.4) is 0 Å². The minimum Gasteiger partial charge on any atom is -0.497 e. The second-order valence-electron chi connectivity index (χ2n) is 7.62. The van der Waals surface area contributed by atoms with Crippen molar-refractivity contribution in [2.75, 3.05) is 7.11 Å². The normalized spacial score (nSPS) is 11.4. The summed E-state index contributed by atoms with van der Waals surface area (Å²) in [6.07, 6.45) is -3.50. The van der Waals surface area contributed by atoms with Gasteiger partial charge in [0.05, 0.1) is 23.2 Å². The molecule has 9 nitrogen and oxygen atoms in total. The monoisotopic (exact) mass is 500 g/mol. The van der Waals surface area contributed by atoms with E-state index in [1.807, 2.05) is 0 Å². The number of nitro groups is 1. The zero-order valence-electron chi connectivity index (χ0n) is 19.0. The Labute approximate surface area is 202 Å². The highest BCUT2D eigenvalue weighted by atomic mass is 19.4. The first-order chi connectivity index (χ1) is 17.0. The van der Waals surface area contributed by atoms with Crippen LogP contribution >= 0.6 is 0 Å². The van der Waals surface area contributed by atoms with Gasteiger partial charge in [-0.2, -0.15) is 18.4 Å². The summed E-state index contributed by atoms with van der Waals surface area (Å²) in [5.74, 6) is 0.0973. The standard InChI is InChI=1S/C24H19F3N4O5/c1-14-18(12-28)22(32)30(10-9-15-3-6-17(36-2)7-4-15)23(33)19(14)13-29-20-8-5-16(24(25,26)27)11-21(20)31(34)35/h3-8,11,13,33H,9-10H2,1-2H3. The molecule has 0 unspecified atom stereocenters. The van der Waals surface area contributed by atoms with E-state index >= 15 is 0 Å². The number of aliphatic imine (C=N–C) groups is 1. The first-order valence-corrected chi connectivity index (χ1v) is 10.4. The van der Waals surface area contributed by atoms with Crippen molar-refractivity contribution in [3.05, 3.63) is 90.7 Å². The van der Waals surface area contributed by atoms with Crippen LogP contribution in [0.5, 0.6) is 11.6 Å². The number of methoxy groups -OCH3 is 1. The van der Waals surface area contributed by atoms with E-state index in [0.29, 0.717) is 24.3 Å². The number of nitro benzene ring substituents is 1. The molecule has 36 heavy (non-hydrogen) atoms. The number of alkyl halides is 3. The predicted octanol–water partition coefficient (Wildman–Crippen LogP) is 4.66. The summed E-state index contributed by atoms with van der Waals surface area (Å²) in [7, 11) is 1.52. The highest BCUT2D eigenvalue weighted by molar-refractivity contribution is 5.88. The molecule has 0 bridgehead atoms. The molecule has 0 atom stereocenters. The van der Waals surface area contributed by atoms with E-state index in [1.165, 1.54) is 14.0 Å². The quantitative estimate of drug-likeness (QED) is 0.285. The van der Waals surface area contributed by atoms with Gasteiger partial charge in [0.25, 0.3) is 11.2 Å². The van der Waals surface area contributed by atoms with Crippen LogP contribution in [0.15, 0.2) is 52.3 Å². The van der Waals surface area contributed by atoms with Crippen molar-refractivity contribution >= 4 is 17.6 Å². The smallest absolute Gasteiger partial charge is 0.416 e. The highest BCUT2D eigenvalue weighted by Crippen LogP contribution is 2.36. The molecule has 0 radical (unpaired) electrons. The number of rotatable bonds is 7. The van der Waals surface area contributed by atoms with E-state index in [-0.39, 0.29) is 23.2 Å². The van der Waals surface area contributed by atoms with Gasteiger partial charge < -0.3 is 9.84 Å². The molecule has 2 aromatic carbocycles. The van der Waals surface area contributed by atoms with Gasteiger partial charge in [0.2, 0.25) is 5.88 Å². The van der Waals surface area contributed by atoms with Crippen LogP contribution in [-0.2, 0) is 19.1 Å². The Hall–Kier alpha value is -4.66. The summed E-state index contributed by atoms with van der Waals surface area (Å²) < 4.78 is 44.9. The summed E-state index contributed by atoms with van der Waals surface area (Å²) in [6, 6.07) is 10.6. The van der Waals surface area contributed by atoms with Gasteiger partial charge in [-0.15, -0.1) is 0 Å². The Morgan fingerprint density at radius 1 is 1.25 bits per heavy atom. The lowest BCUT2D eigenvalue weighted by Crippen LogP contribution is -2.26. The van der Waals surface area contributed by atoms with Gasteiger partial charge in [0.15, 0.2) is 0 Å². The summed E-state index contributed by atoms with van der Waals surface area (Å²) in [5.41, 5.74) is -2.71. The largest absolute Gasteiger partial charge is 0.497 e. The van der Waals surface area contributed by atoms with E-state index in [1.54, 1.807) is 30.3 Å². The molecule has 1 N–H and O–H groups in total. The molecular weight excluding hydrogens is 481 g/mol. The maximum atomic E-state index is 13.0. The molecule has 1 aromatic heterocycles. The molecule has 0 saturated carbocycles. The minimum atomic E-state index is -4.79. The van der Waals surface area contributed by atoms with Crippen LogP contribution in [0.4, 0.5) is 24.5 Å². The van der Waals surface area contributed by atoms with E-state index in [2.05, 4.69) is 4.99 Å². The van der Waals surface area contributed by atoms with Gasteiger partial charge in [-0.3, -0.25) is 19.5 Å². The number of aromatic nitrogens is 1. The highest BCUT2D eigenvalue weighted by Gasteiger charge is 2.33. The molecular formula is C24H19F3N4O5. The Kier molecular flexibility index (Phi) is 7.43. The first-order valence-electron chi connectivity index (χ1n) is 10.4. The number of halogens is 3. The van der Waals surface area contributed by atoms with Crippen molar-refractivity contribution in [3.63, 3.8) is 0 Å². The number of aromatic hydroxyl groups is 1. The summed E-state index contributed by atoms with van der Waals surface area (Å²) in [6.45, 7) is 1.38. The maximum Gasteiger partial charge on any atom is 0.416 e. The number of hydrogen-bond acceptors (Lipinski definition) is 7. The van der Waals surface area contributed by atoms with Crippen molar-refractivity contribution in [1.29, 1.82) is 5.26 Å². The summed E-state index contributed by atoms with van der Waals surface area (Å²) in [4.78, 5) is 27.0. The molecule has 0 saturated heterocycles. The SMILES string of the molecule is COc1ccc(CCn2c(O)c(C=Nc3ccc(C(F)(F)F)cc3[N+](=O)[O-])c(C)c(C#N)c2=O)cc1. The number of ether oxygens (including phenoxy) is 1. The average molecular weight is 500 g/mol. The van der Waals surface area contributed by atoms with Gasteiger partial charge in [0.1, 0.15) is 23.1 Å². The third kappa shape index (κ3) is 5.35. The summed E-state index contributed by atoms with van der Waals surface area (Å²) in [5, 5.41) is 31.6. The van der Waals surface area contributed by atoms with Crippen LogP contribution < -0.4 is 10.3 Å². The lowest BCUT2D eigenvalue weighted by molar-refractivity contribution is -0.384. The van der Waals surface area contributed by atoms with Crippen LogP contribution in [0, 0.1) is 28.4 Å². The third-order valence-corrected chi connectivity index (χ3v) is 5.46. The van der Waals surface area contributed by atoms with Crippen LogP contribution in [-0.4, -0.2) is 27.9 Å². The second-order valence-corrected chi connectivity index (χ2v) is 7.62. The Morgan fingerprint density at radius 3 is 2.47 bits per heavy atom. The number of aryl methyl sites for hydroxylation is 1. The number of hydrogen-bond donors (Lipinski definition) is 1. The second kappa shape index (κ2) is 10.3. The molecule has 3 rings (SSSR count). The molecule has 12 heteroatoms. The number of nitrogens with zero attached hydrogens (tertiary/aromatic N) is 4. The molecule has 0 fully saturated rings. The first kappa shape index (κ1) is 26.0. The maximum absolute atomic E-state index is 13.0. The fraction of sp³-hybridized carbons (Fsp3) is 0.208. The van der Waals surface area contributed by atoms with Crippen LogP contribution in [0.25, 0.3) is 0 Å². The van der Waals surface area contributed by atoms with Crippen molar-refractivity contribution in [2.45, 2.75) is 26.1 Å². The fourth-order valence-electron chi connectivity index (χ4n) is 3.46. The van der Waals surface area contributed by atoms with Crippen molar-refractivity contribution < 1.29 is 27.9 Å². The van der Waals surface area contributed by atoms with E-state index in [9.17, 15) is 38.4 Å². The van der Waals surface area contributed by atoms with Crippen molar-refractivity contribution in [3.8, 4) is 17.7 Å². The average Bonchev–Trinajstić information content (AvgIpc) is 2.83. The van der Waals surface area contributed by atoms with Crippen molar-refractivity contribution in [1.82, 2.24) is 4.57 Å². The topological polar surface area (TPSA) is 131 Å². The van der Waals surface area contributed by atoms with Crippen LogP contribution in [0.1, 0.15) is 27.8 Å². The Balaban J connectivity index is 2.04. The fourth-order valence-corrected chi connectivity index (χ4v) is 3.46. The molecule has 0 spiro atoms. The summed E-state index contributed by atoms with van der Waals surface area (Å²) >= 11 is 0. The molecule has 0 aliphatic rings. The number of benzene rings is 2. The zero-order valence-corrected chi connectivity index (χ0v) is 19.0. The van der Waals surface area contributed by atoms with E-state index in [0.717, 1.165) is 22.4 Å². The molecule has 0 amide bonds. The third-order valence-electron chi connectivity index (χ3n) is 5.46. The lowest BCUT2D eigenvalue weighted by atomic mass is 10.1.